The third kappa shape index (κ3) is 3.73. The Bertz CT molecular complexity index is 562. The molecular weight excluding hydrogens is 296 g/mol. The zero-order valence-electron chi connectivity index (χ0n) is 11.5. The molecule has 3 N–H and O–H groups in total. The van der Waals surface area contributed by atoms with Gasteiger partial charge in [-0.05, 0) is 42.9 Å². The van der Waals surface area contributed by atoms with Crippen molar-refractivity contribution in [3.63, 3.8) is 0 Å². The highest BCUT2D eigenvalue weighted by Gasteiger charge is 2.33. The first-order chi connectivity index (χ1) is 9.41. The first-order valence-electron chi connectivity index (χ1n) is 6.82. The van der Waals surface area contributed by atoms with Crippen molar-refractivity contribution in [2.24, 2.45) is 11.8 Å². The number of halogens is 1. The lowest BCUT2D eigenvalue weighted by Crippen LogP contribution is -2.38. The zero-order chi connectivity index (χ0) is 14.8. The molecule has 1 saturated carbocycles. The summed E-state index contributed by atoms with van der Waals surface area (Å²) < 4.78 is 23.5. The van der Waals surface area contributed by atoms with Gasteiger partial charge in [0.05, 0.1) is 5.25 Å². The minimum Gasteiger partial charge on any atom is -0.271 e. The number of nitrogens with one attached hydrogen (secondary N) is 1. The predicted octanol–water partition coefficient (Wildman–Crippen LogP) is 2.45. The number of rotatable bonds is 4. The summed E-state index contributed by atoms with van der Waals surface area (Å²) in [4.78, 5) is 0. The van der Waals surface area contributed by atoms with Gasteiger partial charge in [-0.1, -0.05) is 30.2 Å². The number of hydrogen-bond acceptors (Lipinski definition) is 4. The van der Waals surface area contributed by atoms with Crippen LogP contribution in [0.25, 0.3) is 0 Å². The summed E-state index contributed by atoms with van der Waals surface area (Å²) in [6, 6.07) is 7.51. The van der Waals surface area contributed by atoms with Crippen LogP contribution in [-0.4, -0.2) is 19.9 Å². The van der Waals surface area contributed by atoms with E-state index in [-0.39, 0.29) is 17.2 Å². The highest BCUT2D eigenvalue weighted by atomic mass is 35.5. The zero-order valence-corrected chi connectivity index (χ0v) is 13.1. The third-order valence-corrected chi connectivity index (χ3v) is 6.01. The Kier molecular flexibility index (Phi) is 5.07. The minimum atomic E-state index is -2.99. The van der Waals surface area contributed by atoms with Crippen LogP contribution in [0.3, 0.4) is 0 Å². The fourth-order valence-electron chi connectivity index (χ4n) is 3.08. The van der Waals surface area contributed by atoms with Gasteiger partial charge in [-0.15, -0.1) is 0 Å². The van der Waals surface area contributed by atoms with Gasteiger partial charge in [0.15, 0.2) is 0 Å². The van der Waals surface area contributed by atoms with Crippen LogP contribution in [0.15, 0.2) is 24.3 Å². The number of hydrazine groups is 1. The molecule has 1 aliphatic carbocycles. The van der Waals surface area contributed by atoms with E-state index in [0.717, 1.165) is 24.8 Å². The summed E-state index contributed by atoms with van der Waals surface area (Å²) in [5.41, 5.74) is 3.85. The van der Waals surface area contributed by atoms with Crippen molar-refractivity contribution < 1.29 is 8.42 Å². The lowest BCUT2D eigenvalue weighted by atomic mass is 9.81. The molecule has 0 aliphatic heterocycles. The molecule has 6 heteroatoms. The standard InChI is InChI=1S/C14H21ClN2O2S/c1-20(18,19)13-7-3-5-11(9-13)14(17-16)10-4-2-6-12(15)8-10/h2,4,6,8,11,13-14,17H,3,5,7,9,16H2,1H3. The number of benzene rings is 1. The van der Waals surface area contributed by atoms with E-state index in [9.17, 15) is 8.42 Å². The summed E-state index contributed by atoms with van der Waals surface area (Å²) in [6.07, 6.45) is 4.63. The van der Waals surface area contributed by atoms with Crippen LogP contribution >= 0.6 is 11.6 Å². The SMILES string of the molecule is CS(=O)(=O)C1CCCC(C(NN)c2cccc(Cl)c2)C1. The number of sulfone groups is 1. The lowest BCUT2D eigenvalue weighted by Gasteiger charge is -2.33. The van der Waals surface area contributed by atoms with E-state index >= 15 is 0 Å². The van der Waals surface area contributed by atoms with E-state index in [1.54, 1.807) is 0 Å². The fourth-order valence-corrected chi connectivity index (χ4v) is 4.47. The van der Waals surface area contributed by atoms with Crippen LogP contribution in [0, 0.1) is 5.92 Å². The summed E-state index contributed by atoms with van der Waals surface area (Å²) in [7, 11) is -2.99. The van der Waals surface area contributed by atoms with E-state index in [4.69, 9.17) is 17.4 Å². The maximum absolute atomic E-state index is 11.8. The average molecular weight is 317 g/mol. The normalized spacial score (nSPS) is 25.4. The summed E-state index contributed by atoms with van der Waals surface area (Å²) in [5.74, 6) is 5.91. The van der Waals surface area contributed by atoms with Crippen LogP contribution in [0.2, 0.25) is 5.02 Å². The second-order valence-electron chi connectivity index (χ2n) is 5.58. The highest BCUT2D eigenvalue weighted by Crippen LogP contribution is 2.36. The fraction of sp³-hybridized carbons (Fsp3) is 0.571. The molecule has 4 nitrogen and oxygen atoms in total. The van der Waals surface area contributed by atoms with Crippen LogP contribution < -0.4 is 11.3 Å². The van der Waals surface area contributed by atoms with Crippen LogP contribution in [0.4, 0.5) is 0 Å². The molecule has 0 spiro atoms. The van der Waals surface area contributed by atoms with Crippen molar-refractivity contribution in [1.29, 1.82) is 0 Å². The van der Waals surface area contributed by atoms with Gasteiger partial charge in [0, 0.05) is 17.3 Å². The molecule has 0 bridgehead atoms. The van der Waals surface area contributed by atoms with Gasteiger partial charge in [0.2, 0.25) is 0 Å². The molecule has 1 aliphatic rings. The van der Waals surface area contributed by atoms with Crippen molar-refractivity contribution in [2.75, 3.05) is 6.26 Å². The Labute approximate surface area is 125 Å². The van der Waals surface area contributed by atoms with E-state index in [0.29, 0.717) is 11.4 Å². The molecule has 0 amide bonds. The molecule has 1 aromatic carbocycles. The first-order valence-corrected chi connectivity index (χ1v) is 9.15. The van der Waals surface area contributed by atoms with Crippen LogP contribution in [-0.2, 0) is 9.84 Å². The van der Waals surface area contributed by atoms with Crippen molar-refractivity contribution in [3.8, 4) is 0 Å². The molecule has 3 atom stereocenters. The van der Waals surface area contributed by atoms with Crippen LogP contribution in [0.5, 0.6) is 0 Å². The molecule has 0 saturated heterocycles. The molecule has 0 aromatic heterocycles. The Morgan fingerprint density at radius 1 is 1.40 bits per heavy atom. The Morgan fingerprint density at radius 2 is 2.15 bits per heavy atom. The van der Waals surface area contributed by atoms with Gasteiger partial charge in [0.1, 0.15) is 9.84 Å². The van der Waals surface area contributed by atoms with E-state index in [2.05, 4.69) is 5.43 Å². The molecule has 0 heterocycles. The summed E-state index contributed by atoms with van der Waals surface area (Å²) in [5, 5.41) is 0.412. The summed E-state index contributed by atoms with van der Waals surface area (Å²) in [6.45, 7) is 0. The second kappa shape index (κ2) is 6.43. The molecule has 112 valence electrons. The largest absolute Gasteiger partial charge is 0.271 e. The maximum Gasteiger partial charge on any atom is 0.150 e. The van der Waals surface area contributed by atoms with Crippen molar-refractivity contribution in [1.82, 2.24) is 5.43 Å². The molecule has 0 radical (unpaired) electrons. The molecular formula is C14H21ClN2O2S. The van der Waals surface area contributed by atoms with Gasteiger partial charge in [-0.25, -0.2) is 8.42 Å². The second-order valence-corrected chi connectivity index (χ2v) is 8.34. The third-order valence-electron chi connectivity index (χ3n) is 4.13. The van der Waals surface area contributed by atoms with Gasteiger partial charge in [-0.3, -0.25) is 11.3 Å². The maximum atomic E-state index is 11.8. The quantitative estimate of drug-likeness (QED) is 0.661. The topological polar surface area (TPSA) is 72.2 Å². The van der Waals surface area contributed by atoms with E-state index in [1.807, 2.05) is 24.3 Å². The van der Waals surface area contributed by atoms with Gasteiger partial charge < -0.3 is 0 Å². The average Bonchev–Trinajstić information content (AvgIpc) is 2.39. The van der Waals surface area contributed by atoms with Crippen molar-refractivity contribution >= 4 is 21.4 Å². The van der Waals surface area contributed by atoms with E-state index in [1.165, 1.54) is 6.26 Å². The monoisotopic (exact) mass is 316 g/mol. The lowest BCUT2D eigenvalue weighted by molar-refractivity contribution is 0.274. The minimum absolute atomic E-state index is 0.0572. The van der Waals surface area contributed by atoms with Crippen molar-refractivity contribution in [3.05, 3.63) is 34.9 Å². The first kappa shape index (κ1) is 15.8. The van der Waals surface area contributed by atoms with E-state index < -0.39 is 9.84 Å². The number of nitrogens with two attached hydrogens (primary N) is 1. The van der Waals surface area contributed by atoms with Gasteiger partial charge in [-0.2, -0.15) is 0 Å². The van der Waals surface area contributed by atoms with Crippen molar-refractivity contribution in [2.45, 2.75) is 37.0 Å². The molecule has 20 heavy (non-hydrogen) atoms. The number of hydrogen-bond donors (Lipinski definition) is 2. The Morgan fingerprint density at radius 3 is 2.75 bits per heavy atom. The molecule has 2 rings (SSSR count). The molecule has 3 unspecified atom stereocenters. The highest BCUT2D eigenvalue weighted by molar-refractivity contribution is 7.91. The Hall–Kier alpha value is -0.620. The smallest absolute Gasteiger partial charge is 0.150 e. The van der Waals surface area contributed by atoms with Gasteiger partial charge >= 0.3 is 0 Å². The Balaban J connectivity index is 2.19. The predicted molar refractivity (Wildman–Crippen MR) is 82.1 cm³/mol. The molecule has 1 fully saturated rings. The van der Waals surface area contributed by atoms with Crippen LogP contribution in [0.1, 0.15) is 37.3 Å². The molecule has 1 aromatic rings. The van der Waals surface area contributed by atoms with Gasteiger partial charge in [0.25, 0.3) is 0 Å². The summed E-state index contributed by atoms with van der Waals surface area (Å²) >= 11 is 6.02.